The fourth-order valence-electron chi connectivity index (χ4n) is 14.9. The van der Waals surface area contributed by atoms with Crippen LogP contribution < -0.4 is 18.3 Å². The van der Waals surface area contributed by atoms with Crippen molar-refractivity contribution in [1.82, 2.24) is 37.5 Å². The summed E-state index contributed by atoms with van der Waals surface area (Å²) in [5.41, 5.74) is 37.9. The van der Waals surface area contributed by atoms with Gasteiger partial charge in [0, 0.05) is 71.8 Å². The largest absolute Gasteiger partial charge is 0.300 e. The van der Waals surface area contributed by atoms with E-state index in [1.54, 1.807) is 0 Å². The van der Waals surface area contributed by atoms with Crippen LogP contribution in [0.1, 0.15) is 123 Å². The standard InChI is InChI=1S/C24H28N3.C23H26N3.C22H24N3.C20H20N3/c1-16-15-26(6)21(13-18(16)14-24(3,4)5)19-10-11-20-23(17(19)2)25-22-9-7-8-12-27(20)22;1-16-18(20-14-17(11-13-25(20)5)15-23(2,3)4)9-10-19-22(16)24-21-8-6-7-12-26(19)21;1-14(2)18-12-20(24(5)13-15(18)3)17-9-10-19-22(16(17)4)23-21-8-6-7-11-25(19)21;1-13-11-18(22(4)12-14(13)2)16-8-9-17-20(15(16)3)21-19-7-5-6-10-23(17)19/h7-13,15H,14H2,1-6H3;6-14H,15H2,1-5H3;6-14H,1-5H3;5-12H,1-4H3/q4*+1. The fraction of sp³-hybridized carbons (Fsp3) is 0.281. The molecule has 4 aromatic carbocycles. The van der Waals surface area contributed by atoms with Crippen molar-refractivity contribution in [2.24, 2.45) is 39.0 Å². The highest BCUT2D eigenvalue weighted by Crippen LogP contribution is 2.36. The number of benzene rings is 4. The van der Waals surface area contributed by atoms with Gasteiger partial charge in [0.2, 0.25) is 22.8 Å². The molecule has 0 radical (unpaired) electrons. The summed E-state index contributed by atoms with van der Waals surface area (Å²) in [4.78, 5) is 19.4. The van der Waals surface area contributed by atoms with Crippen LogP contribution in [0.2, 0.25) is 0 Å². The second-order valence-electron chi connectivity index (χ2n) is 30.8. The summed E-state index contributed by atoms with van der Waals surface area (Å²) in [5.74, 6) is 0.513. The van der Waals surface area contributed by atoms with Gasteiger partial charge in [0.25, 0.3) is 0 Å². The van der Waals surface area contributed by atoms with E-state index in [0.29, 0.717) is 5.92 Å². The van der Waals surface area contributed by atoms with E-state index in [9.17, 15) is 0 Å². The Morgan fingerprint density at radius 3 is 1.05 bits per heavy atom. The Balaban J connectivity index is 0.000000121. The molecule has 0 bridgehead atoms. The van der Waals surface area contributed by atoms with Crippen molar-refractivity contribution in [1.29, 1.82) is 0 Å². The molecule has 16 aromatic rings. The molecule has 12 heterocycles. The number of rotatable bonds is 7. The van der Waals surface area contributed by atoms with Gasteiger partial charge in [0.15, 0.2) is 24.8 Å². The molecule has 0 unspecified atom stereocenters. The van der Waals surface area contributed by atoms with Crippen LogP contribution in [0.4, 0.5) is 0 Å². The molecule has 0 aliphatic heterocycles. The maximum atomic E-state index is 4.88. The van der Waals surface area contributed by atoms with Gasteiger partial charge < -0.3 is 0 Å². The average Bonchev–Trinajstić information content (AvgIpc) is 1.65. The number of nitrogens with zero attached hydrogens (tertiary/aromatic N) is 12. The van der Waals surface area contributed by atoms with Gasteiger partial charge >= 0.3 is 0 Å². The highest BCUT2D eigenvalue weighted by Gasteiger charge is 2.25. The van der Waals surface area contributed by atoms with E-state index in [4.69, 9.17) is 19.9 Å². The van der Waals surface area contributed by atoms with E-state index in [2.05, 4.69) is 334 Å². The molecule has 0 saturated carbocycles. The molecule has 0 spiro atoms. The molecule has 0 fully saturated rings. The second kappa shape index (κ2) is 27.1. The quantitative estimate of drug-likeness (QED) is 0.149. The van der Waals surface area contributed by atoms with Gasteiger partial charge in [0.1, 0.15) is 50.8 Å². The maximum absolute atomic E-state index is 4.88. The molecular formula is C89H98N12+4. The van der Waals surface area contributed by atoms with Crippen LogP contribution in [-0.2, 0) is 41.0 Å². The third-order valence-corrected chi connectivity index (χ3v) is 20.2. The van der Waals surface area contributed by atoms with Crippen molar-refractivity contribution in [3.63, 3.8) is 0 Å². The number of fused-ring (bicyclic) bond motifs is 12. The highest BCUT2D eigenvalue weighted by atomic mass is 15.0. The fourth-order valence-corrected chi connectivity index (χ4v) is 14.9. The first-order valence-electron chi connectivity index (χ1n) is 35.5. The Morgan fingerprint density at radius 2 is 0.683 bits per heavy atom. The summed E-state index contributed by atoms with van der Waals surface area (Å²) in [7, 11) is 8.48. The Kier molecular flexibility index (Phi) is 18.4. The predicted octanol–water partition coefficient (Wildman–Crippen LogP) is 18.7. The maximum Gasteiger partial charge on any atom is 0.212 e. The third kappa shape index (κ3) is 13.5. The lowest BCUT2D eigenvalue weighted by Gasteiger charge is -2.19. The van der Waals surface area contributed by atoms with Crippen molar-refractivity contribution < 1.29 is 18.3 Å². The first-order valence-corrected chi connectivity index (χ1v) is 35.5. The van der Waals surface area contributed by atoms with Crippen LogP contribution in [0, 0.1) is 66.2 Å². The number of imidazole rings is 4. The Hall–Kier alpha value is -10.7. The normalized spacial score (nSPS) is 11.9. The average molecular weight is 1340 g/mol. The summed E-state index contributed by atoms with van der Waals surface area (Å²) >= 11 is 0. The van der Waals surface area contributed by atoms with Gasteiger partial charge in [0.05, 0.1) is 66.4 Å². The third-order valence-electron chi connectivity index (χ3n) is 20.2. The minimum atomic E-state index is 0.266. The van der Waals surface area contributed by atoms with Gasteiger partial charge in [-0.3, -0.25) is 17.6 Å². The number of hydrogen-bond acceptors (Lipinski definition) is 4. The number of aryl methyl sites for hydroxylation is 12. The molecule has 0 atom stereocenters. The van der Waals surface area contributed by atoms with Gasteiger partial charge in [-0.25, -0.2) is 38.2 Å². The molecule has 0 saturated heterocycles. The van der Waals surface area contributed by atoms with Crippen LogP contribution in [0.25, 0.3) is 112 Å². The van der Waals surface area contributed by atoms with Gasteiger partial charge in [-0.05, 0) is 227 Å². The van der Waals surface area contributed by atoms with E-state index < -0.39 is 0 Å². The summed E-state index contributed by atoms with van der Waals surface area (Å²) in [6, 6.07) is 53.7. The Bertz CT molecular complexity index is 5880. The van der Waals surface area contributed by atoms with E-state index >= 15 is 0 Å². The molecule has 0 aliphatic rings. The van der Waals surface area contributed by atoms with Crippen LogP contribution in [-0.4, -0.2) is 37.5 Å². The number of pyridine rings is 8. The zero-order valence-corrected chi connectivity index (χ0v) is 62.9. The first kappa shape index (κ1) is 68.8. The first-order chi connectivity index (χ1) is 48.1. The molecule has 0 N–H and O–H groups in total. The van der Waals surface area contributed by atoms with Crippen molar-refractivity contribution in [2.45, 2.75) is 130 Å². The molecule has 12 heteroatoms. The van der Waals surface area contributed by atoms with Crippen LogP contribution in [0.5, 0.6) is 0 Å². The minimum Gasteiger partial charge on any atom is -0.300 e. The molecule has 12 nitrogen and oxygen atoms in total. The lowest BCUT2D eigenvalue weighted by Crippen LogP contribution is -2.32. The van der Waals surface area contributed by atoms with Crippen molar-refractivity contribution >= 4 is 66.7 Å². The minimum absolute atomic E-state index is 0.266. The van der Waals surface area contributed by atoms with Crippen molar-refractivity contribution in [3.05, 3.63) is 262 Å². The molecular weight excluding hydrogens is 1240 g/mol. The molecule has 0 amide bonds. The van der Waals surface area contributed by atoms with Crippen molar-refractivity contribution in [3.8, 4) is 45.0 Å². The van der Waals surface area contributed by atoms with Crippen molar-refractivity contribution in [2.75, 3.05) is 0 Å². The van der Waals surface area contributed by atoms with E-state index in [1.165, 1.54) is 106 Å². The second-order valence-corrected chi connectivity index (χ2v) is 30.8. The molecule has 0 aliphatic carbocycles. The van der Waals surface area contributed by atoms with Crippen LogP contribution in [0.3, 0.4) is 0 Å². The topological polar surface area (TPSA) is 84.7 Å². The summed E-state index contributed by atoms with van der Waals surface area (Å²) in [6.45, 7) is 35.7. The number of aromatic nitrogens is 12. The van der Waals surface area contributed by atoms with Gasteiger partial charge in [-0.2, -0.15) is 0 Å². The smallest absolute Gasteiger partial charge is 0.212 e. The van der Waals surface area contributed by atoms with Gasteiger partial charge in [-0.1, -0.05) is 79.7 Å². The lowest BCUT2D eigenvalue weighted by molar-refractivity contribution is -0.660. The van der Waals surface area contributed by atoms with E-state index in [-0.39, 0.29) is 10.8 Å². The van der Waals surface area contributed by atoms with Crippen LogP contribution >= 0.6 is 0 Å². The van der Waals surface area contributed by atoms with E-state index in [0.717, 1.165) is 79.6 Å². The van der Waals surface area contributed by atoms with Crippen LogP contribution in [0.15, 0.2) is 201 Å². The Labute approximate surface area is 595 Å². The SMILES string of the molecule is Cc1c(-c2cc(CC(C)(C)C)cc[n+]2C)ccc2c1nc1ccccn12.Cc1c[n+](C)c(-c2ccc3c(nc4ccccn43)c2C)cc1C(C)C.Cc1c[n+](C)c(-c2ccc3c(nc4ccccn43)c2C)cc1CC(C)(C)C.Cc1cc(-c2ccc3c(nc4ccccn43)c2C)[n+](C)cc1C. The zero-order chi connectivity index (χ0) is 71.7. The highest BCUT2D eigenvalue weighted by molar-refractivity contribution is 5.92. The monoisotopic (exact) mass is 1330 g/mol. The predicted molar refractivity (Wildman–Crippen MR) is 416 cm³/mol. The Morgan fingerprint density at radius 1 is 0.347 bits per heavy atom. The summed E-state index contributed by atoms with van der Waals surface area (Å²) < 4.78 is 17.5. The molecule has 510 valence electrons. The zero-order valence-electron chi connectivity index (χ0n) is 62.9. The molecule has 16 rings (SSSR count). The molecule has 12 aromatic heterocycles. The van der Waals surface area contributed by atoms with Gasteiger partial charge in [-0.15, -0.1) is 0 Å². The summed E-state index contributed by atoms with van der Waals surface area (Å²) in [5, 5.41) is 0. The summed E-state index contributed by atoms with van der Waals surface area (Å²) in [6.07, 6.45) is 19.3. The van der Waals surface area contributed by atoms with E-state index in [1.807, 2.05) is 42.5 Å². The number of hydrogen-bond donors (Lipinski definition) is 0. The molecule has 101 heavy (non-hydrogen) atoms. The lowest BCUT2D eigenvalue weighted by atomic mass is 9.86.